The van der Waals surface area contributed by atoms with Crippen LogP contribution in [0.3, 0.4) is 0 Å². The van der Waals surface area contributed by atoms with Crippen LogP contribution in [0.15, 0.2) is 49.1 Å². The molecule has 6 rings (SSSR count). The zero-order valence-corrected chi connectivity index (χ0v) is 17.2. The van der Waals surface area contributed by atoms with Crippen LogP contribution < -0.4 is 9.80 Å². The van der Waals surface area contributed by atoms with Crippen LogP contribution in [-0.2, 0) is 13.0 Å². The van der Waals surface area contributed by atoms with Gasteiger partial charge in [-0.15, -0.1) is 0 Å². The summed E-state index contributed by atoms with van der Waals surface area (Å²) in [4.78, 5) is 18.0. The van der Waals surface area contributed by atoms with Gasteiger partial charge in [0, 0.05) is 43.2 Å². The van der Waals surface area contributed by atoms with E-state index in [-0.39, 0.29) is 5.82 Å². The highest BCUT2D eigenvalue weighted by Crippen LogP contribution is 2.35. The number of halogens is 1. The summed E-state index contributed by atoms with van der Waals surface area (Å²) in [6, 6.07) is 9.34. The smallest absolute Gasteiger partial charge is 0.140 e. The van der Waals surface area contributed by atoms with Gasteiger partial charge in [-0.25, -0.2) is 19.0 Å². The van der Waals surface area contributed by atoms with Crippen molar-refractivity contribution in [3.05, 3.63) is 66.1 Å². The average Bonchev–Trinajstić information content (AvgIpc) is 3.29. The summed E-state index contributed by atoms with van der Waals surface area (Å²) in [7, 11) is 0. The molecule has 31 heavy (non-hydrogen) atoms. The van der Waals surface area contributed by atoms with Crippen LogP contribution in [0.25, 0.3) is 10.9 Å². The normalized spacial score (nSPS) is 18.2. The lowest BCUT2D eigenvalue weighted by molar-refractivity contribution is 0.436. The van der Waals surface area contributed by atoms with Crippen LogP contribution in [0.2, 0.25) is 0 Å². The molecule has 156 valence electrons. The Morgan fingerprint density at radius 3 is 2.94 bits per heavy atom. The summed E-state index contributed by atoms with van der Waals surface area (Å²) in [6.45, 7) is 4.61. The third kappa shape index (κ3) is 3.01. The average molecular weight is 415 g/mol. The summed E-state index contributed by atoms with van der Waals surface area (Å²) >= 11 is 0. The second kappa shape index (κ2) is 7.01. The molecule has 2 aliphatic rings. The van der Waals surface area contributed by atoms with E-state index in [0.717, 1.165) is 59.9 Å². The number of pyridine rings is 1. The van der Waals surface area contributed by atoms with Crippen molar-refractivity contribution < 1.29 is 4.39 Å². The van der Waals surface area contributed by atoms with Gasteiger partial charge in [-0.1, -0.05) is 0 Å². The monoisotopic (exact) mass is 415 g/mol. The molecule has 2 aliphatic heterocycles. The van der Waals surface area contributed by atoms with Crippen LogP contribution in [0, 0.1) is 5.82 Å². The number of hydrogen-bond acceptors (Lipinski definition) is 6. The fourth-order valence-corrected chi connectivity index (χ4v) is 4.68. The molecule has 0 saturated carbocycles. The summed E-state index contributed by atoms with van der Waals surface area (Å²) in [5.74, 6) is 1.59. The summed E-state index contributed by atoms with van der Waals surface area (Å²) in [5, 5.41) is 5.23. The first-order chi connectivity index (χ1) is 15.2. The molecule has 0 bridgehead atoms. The van der Waals surface area contributed by atoms with E-state index in [4.69, 9.17) is 4.98 Å². The second-order valence-electron chi connectivity index (χ2n) is 8.25. The first-order valence-electron chi connectivity index (χ1n) is 10.6. The molecular weight excluding hydrogens is 393 g/mol. The molecule has 0 fully saturated rings. The van der Waals surface area contributed by atoms with Gasteiger partial charge in [0.05, 0.1) is 29.6 Å². The first kappa shape index (κ1) is 18.2. The van der Waals surface area contributed by atoms with Crippen LogP contribution in [0.5, 0.6) is 0 Å². The van der Waals surface area contributed by atoms with Gasteiger partial charge in [-0.3, -0.25) is 4.98 Å². The maximum Gasteiger partial charge on any atom is 0.140 e. The van der Waals surface area contributed by atoms with Gasteiger partial charge in [0.25, 0.3) is 0 Å². The maximum absolute atomic E-state index is 13.9. The zero-order valence-electron chi connectivity index (χ0n) is 17.2. The summed E-state index contributed by atoms with van der Waals surface area (Å²) in [5.41, 5.74) is 4.12. The van der Waals surface area contributed by atoms with Crippen molar-refractivity contribution >= 4 is 28.2 Å². The van der Waals surface area contributed by atoms with E-state index in [9.17, 15) is 4.39 Å². The quantitative estimate of drug-likeness (QED) is 0.493. The minimum atomic E-state index is -0.277. The molecule has 4 aromatic rings. The molecule has 1 aromatic carbocycles. The van der Waals surface area contributed by atoms with Gasteiger partial charge in [-0.05, 0) is 43.2 Å². The molecule has 1 atom stereocenters. The number of rotatable bonds is 2. The van der Waals surface area contributed by atoms with E-state index in [1.807, 2.05) is 12.4 Å². The molecular formula is C23H22FN7. The Hall–Kier alpha value is -3.55. The van der Waals surface area contributed by atoms with Gasteiger partial charge >= 0.3 is 0 Å². The largest absolute Gasteiger partial charge is 0.351 e. The molecule has 8 heteroatoms. The van der Waals surface area contributed by atoms with Crippen molar-refractivity contribution in [2.75, 3.05) is 22.9 Å². The Morgan fingerprint density at radius 2 is 2.00 bits per heavy atom. The van der Waals surface area contributed by atoms with Crippen LogP contribution in [-0.4, -0.2) is 37.8 Å². The predicted octanol–water partition coefficient (Wildman–Crippen LogP) is 4.03. The van der Waals surface area contributed by atoms with Crippen molar-refractivity contribution in [3.8, 4) is 0 Å². The minimum Gasteiger partial charge on any atom is -0.351 e. The fraction of sp³-hybridized carbons (Fsp3) is 0.304. The van der Waals surface area contributed by atoms with Gasteiger partial charge in [0.2, 0.25) is 0 Å². The van der Waals surface area contributed by atoms with E-state index < -0.39 is 0 Å². The highest BCUT2D eigenvalue weighted by atomic mass is 19.1. The fourth-order valence-electron chi connectivity index (χ4n) is 4.68. The van der Waals surface area contributed by atoms with Gasteiger partial charge in [0.1, 0.15) is 23.8 Å². The second-order valence-corrected chi connectivity index (χ2v) is 8.25. The lowest BCUT2D eigenvalue weighted by atomic mass is 10.0. The molecule has 0 N–H and O–H groups in total. The van der Waals surface area contributed by atoms with E-state index >= 15 is 0 Å². The number of hydrogen-bond donors (Lipinski definition) is 0. The molecule has 5 heterocycles. The number of benzene rings is 1. The van der Waals surface area contributed by atoms with Crippen LogP contribution >= 0.6 is 0 Å². The zero-order chi connectivity index (χ0) is 20.9. The van der Waals surface area contributed by atoms with E-state index in [2.05, 4.69) is 48.6 Å². The predicted molar refractivity (Wildman–Crippen MR) is 117 cm³/mol. The molecule has 0 amide bonds. The third-order valence-electron chi connectivity index (χ3n) is 6.33. The number of nitrogens with zero attached hydrogens (tertiary/aromatic N) is 7. The van der Waals surface area contributed by atoms with E-state index in [0.29, 0.717) is 12.6 Å². The van der Waals surface area contributed by atoms with E-state index in [1.165, 1.54) is 17.7 Å². The molecule has 0 radical (unpaired) electrons. The Morgan fingerprint density at radius 1 is 1.06 bits per heavy atom. The molecule has 0 unspecified atom stereocenters. The van der Waals surface area contributed by atoms with Crippen molar-refractivity contribution in [2.45, 2.75) is 32.4 Å². The Balaban J connectivity index is 1.36. The van der Waals surface area contributed by atoms with E-state index in [1.54, 1.807) is 12.4 Å². The summed E-state index contributed by atoms with van der Waals surface area (Å²) < 4.78 is 16.0. The SMILES string of the molecule is C[C@H]1CCN(c2cnc3c(c2)CN(c2ncnc4ccc(F)cc24)CC3)c2ccnn21. The van der Waals surface area contributed by atoms with Crippen molar-refractivity contribution in [1.29, 1.82) is 0 Å². The molecule has 0 aliphatic carbocycles. The lowest BCUT2D eigenvalue weighted by Gasteiger charge is -2.34. The number of aromatic nitrogens is 5. The van der Waals surface area contributed by atoms with Crippen molar-refractivity contribution in [1.82, 2.24) is 24.7 Å². The van der Waals surface area contributed by atoms with Crippen LogP contribution in [0.1, 0.15) is 30.6 Å². The van der Waals surface area contributed by atoms with Crippen molar-refractivity contribution in [3.63, 3.8) is 0 Å². The number of fused-ring (bicyclic) bond motifs is 3. The molecule has 0 spiro atoms. The Bertz CT molecular complexity index is 1280. The lowest BCUT2D eigenvalue weighted by Crippen LogP contribution is -2.33. The first-order valence-corrected chi connectivity index (χ1v) is 10.6. The summed E-state index contributed by atoms with van der Waals surface area (Å²) in [6.07, 6.45) is 7.24. The van der Waals surface area contributed by atoms with Gasteiger partial charge in [-0.2, -0.15) is 5.10 Å². The minimum absolute atomic E-state index is 0.277. The highest BCUT2D eigenvalue weighted by molar-refractivity contribution is 5.89. The van der Waals surface area contributed by atoms with Gasteiger partial charge in [0.15, 0.2) is 0 Å². The molecule has 0 saturated heterocycles. The maximum atomic E-state index is 13.9. The third-order valence-corrected chi connectivity index (χ3v) is 6.33. The number of anilines is 3. The standard InChI is InChI=1S/C23H22FN7/c1-15-5-9-30(22-4-7-28-31(15)22)18-10-16-13-29(8-6-20(16)25-12-18)23-19-11-17(24)2-3-21(19)26-14-27-23/h2-4,7,10-12,14-15H,5-6,8-9,13H2,1H3/t15-/m0/s1. The van der Waals surface area contributed by atoms with Gasteiger partial charge < -0.3 is 9.80 Å². The van der Waals surface area contributed by atoms with Crippen LogP contribution in [0.4, 0.5) is 21.7 Å². The topological polar surface area (TPSA) is 63.0 Å². The Labute approximate surface area is 179 Å². The highest BCUT2D eigenvalue weighted by Gasteiger charge is 2.26. The Kier molecular flexibility index (Phi) is 4.12. The molecule has 7 nitrogen and oxygen atoms in total. The van der Waals surface area contributed by atoms with Crippen molar-refractivity contribution in [2.24, 2.45) is 0 Å². The molecule has 3 aromatic heterocycles.